The second kappa shape index (κ2) is 12.7. The van der Waals surface area contributed by atoms with Crippen LogP contribution < -0.4 is 14.7 Å². The minimum atomic E-state index is 0.326. The van der Waals surface area contributed by atoms with E-state index in [-0.39, 0.29) is 0 Å². The van der Waals surface area contributed by atoms with E-state index in [4.69, 9.17) is 0 Å². The molecule has 0 saturated carbocycles. The molecule has 0 radical (unpaired) electrons. The Hall–Kier alpha value is -5.28. The number of benzene rings is 6. The Bertz CT molecular complexity index is 1710. The highest BCUT2D eigenvalue weighted by molar-refractivity contribution is 5.81. The second-order valence-corrected chi connectivity index (χ2v) is 11.0. The van der Waals surface area contributed by atoms with Crippen molar-refractivity contribution < 1.29 is 0 Å². The fraction of sp³-hybridized carbons (Fsp3) is 0.100. The van der Waals surface area contributed by atoms with E-state index in [1.807, 2.05) is 0 Å². The fourth-order valence-electron chi connectivity index (χ4n) is 5.59. The molecule has 6 rings (SSSR count). The molecule has 0 aliphatic heterocycles. The number of nitrogens with zero attached hydrogens (tertiary/aromatic N) is 3. The second-order valence-electron chi connectivity index (χ2n) is 11.0. The molecule has 6 aromatic rings. The van der Waals surface area contributed by atoms with E-state index in [0.717, 1.165) is 34.1 Å². The third-order valence-corrected chi connectivity index (χ3v) is 7.62. The summed E-state index contributed by atoms with van der Waals surface area (Å²) < 4.78 is 0. The first-order valence-corrected chi connectivity index (χ1v) is 14.9. The summed E-state index contributed by atoms with van der Waals surface area (Å²) in [5.41, 5.74) is 10.3. The van der Waals surface area contributed by atoms with Gasteiger partial charge < -0.3 is 14.7 Å². The SMILES string of the molecule is Cc1ccc(N(c2ccccc2)c2ccc(N(c3ccccc3)c3ccc(N(c4ccccc4)C(C)C)cc3)cc2)cc1. The number of anilines is 8. The van der Waals surface area contributed by atoms with Crippen LogP contribution in [0.3, 0.4) is 0 Å². The van der Waals surface area contributed by atoms with Crippen LogP contribution in [-0.4, -0.2) is 6.04 Å². The van der Waals surface area contributed by atoms with Crippen LogP contribution in [0.15, 0.2) is 164 Å². The van der Waals surface area contributed by atoms with Gasteiger partial charge in [0.15, 0.2) is 0 Å². The van der Waals surface area contributed by atoms with Gasteiger partial charge in [-0.2, -0.15) is 0 Å². The quantitative estimate of drug-likeness (QED) is 0.174. The van der Waals surface area contributed by atoms with Crippen LogP contribution in [0.4, 0.5) is 45.5 Å². The predicted molar refractivity (Wildman–Crippen MR) is 184 cm³/mol. The lowest BCUT2D eigenvalue weighted by Crippen LogP contribution is -2.25. The molecule has 0 unspecified atom stereocenters. The number of hydrogen-bond acceptors (Lipinski definition) is 3. The molecule has 3 nitrogen and oxygen atoms in total. The normalized spacial score (nSPS) is 10.9. The Morgan fingerprint density at radius 3 is 0.930 bits per heavy atom. The average Bonchev–Trinajstić information content (AvgIpc) is 3.05. The summed E-state index contributed by atoms with van der Waals surface area (Å²) in [6.07, 6.45) is 0. The van der Waals surface area contributed by atoms with Crippen LogP contribution in [0.1, 0.15) is 19.4 Å². The van der Waals surface area contributed by atoms with Gasteiger partial charge in [-0.05, 0) is 118 Å². The lowest BCUT2D eigenvalue weighted by atomic mass is 10.1. The molecule has 0 fully saturated rings. The van der Waals surface area contributed by atoms with Gasteiger partial charge in [0.2, 0.25) is 0 Å². The summed E-state index contributed by atoms with van der Waals surface area (Å²) in [6, 6.07) is 58.5. The minimum Gasteiger partial charge on any atom is -0.339 e. The molecular formula is C40H37N3. The Kier molecular flexibility index (Phi) is 8.24. The standard InChI is InChI=1S/C40H37N3/c1-31(2)41(33-13-7-4-8-14-33)36-23-25-38(26-24-36)43(35-17-11-6-12-18-35)40-29-27-39(28-30-40)42(34-15-9-5-10-16-34)37-21-19-32(3)20-22-37/h4-31H,1-3H3. The fourth-order valence-corrected chi connectivity index (χ4v) is 5.59. The molecule has 0 spiro atoms. The maximum atomic E-state index is 2.37. The molecule has 6 aromatic carbocycles. The van der Waals surface area contributed by atoms with Crippen molar-refractivity contribution in [3.8, 4) is 0 Å². The Labute approximate surface area is 255 Å². The Morgan fingerprint density at radius 2 is 0.581 bits per heavy atom. The van der Waals surface area contributed by atoms with Gasteiger partial charge in [0.05, 0.1) is 0 Å². The maximum absolute atomic E-state index is 2.37. The van der Waals surface area contributed by atoms with E-state index in [0.29, 0.717) is 6.04 Å². The topological polar surface area (TPSA) is 9.72 Å². The predicted octanol–water partition coefficient (Wildman–Crippen LogP) is 11.5. The zero-order valence-electron chi connectivity index (χ0n) is 25.0. The van der Waals surface area contributed by atoms with Crippen LogP contribution in [0.5, 0.6) is 0 Å². The van der Waals surface area contributed by atoms with Crippen molar-refractivity contribution in [1.29, 1.82) is 0 Å². The smallest absolute Gasteiger partial charge is 0.0463 e. The first-order valence-electron chi connectivity index (χ1n) is 14.9. The summed E-state index contributed by atoms with van der Waals surface area (Å²) in [5, 5.41) is 0. The van der Waals surface area contributed by atoms with Gasteiger partial charge in [0.25, 0.3) is 0 Å². The van der Waals surface area contributed by atoms with Crippen LogP contribution in [0.2, 0.25) is 0 Å². The van der Waals surface area contributed by atoms with Crippen molar-refractivity contribution in [3.05, 3.63) is 169 Å². The molecule has 0 aliphatic carbocycles. The molecule has 0 saturated heterocycles. The zero-order chi connectivity index (χ0) is 29.6. The molecule has 0 atom stereocenters. The van der Waals surface area contributed by atoms with E-state index in [2.05, 4.69) is 199 Å². The highest BCUT2D eigenvalue weighted by Crippen LogP contribution is 2.40. The van der Waals surface area contributed by atoms with Crippen molar-refractivity contribution in [2.24, 2.45) is 0 Å². The first-order chi connectivity index (χ1) is 21.1. The third kappa shape index (κ3) is 6.17. The number of hydrogen-bond donors (Lipinski definition) is 0. The van der Waals surface area contributed by atoms with Crippen LogP contribution >= 0.6 is 0 Å². The summed E-state index contributed by atoms with van der Waals surface area (Å²) in [7, 11) is 0. The van der Waals surface area contributed by atoms with E-state index < -0.39 is 0 Å². The summed E-state index contributed by atoms with van der Waals surface area (Å²) in [5.74, 6) is 0. The van der Waals surface area contributed by atoms with Crippen LogP contribution in [0, 0.1) is 6.92 Å². The average molecular weight is 560 g/mol. The van der Waals surface area contributed by atoms with Crippen molar-refractivity contribution in [1.82, 2.24) is 0 Å². The van der Waals surface area contributed by atoms with Crippen molar-refractivity contribution in [3.63, 3.8) is 0 Å². The zero-order valence-corrected chi connectivity index (χ0v) is 25.0. The first kappa shape index (κ1) is 27.9. The van der Waals surface area contributed by atoms with E-state index in [1.165, 1.54) is 16.9 Å². The van der Waals surface area contributed by atoms with Crippen molar-refractivity contribution >= 4 is 45.5 Å². The molecule has 0 aliphatic rings. The van der Waals surface area contributed by atoms with Crippen LogP contribution in [0.25, 0.3) is 0 Å². The van der Waals surface area contributed by atoms with Gasteiger partial charge in [-0.15, -0.1) is 0 Å². The Morgan fingerprint density at radius 1 is 0.326 bits per heavy atom. The molecule has 212 valence electrons. The van der Waals surface area contributed by atoms with Gasteiger partial charge in [-0.3, -0.25) is 0 Å². The van der Waals surface area contributed by atoms with Gasteiger partial charge in [-0.25, -0.2) is 0 Å². The monoisotopic (exact) mass is 559 g/mol. The van der Waals surface area contributed by atoms with Crippen molar-refractivity contribution in [2.45, 2.75) is 26.8 Å². The number of rotatable bonds is 9. The van der Waals surface area contributed by atoms with Gasteiger partial charge in [0, 0.05) is 51.5 Å². The highest BCUT2D eigenvalue weighted by atomic mass is 15.2. The molecule has 0 bridgehead atoms. The molecule has 3 heteroatoms. The van der Waals surface area contributed by atoms with Gasteiger partial charge in [0.1, 0.15) is 0 Å². The van der Waals surface area contributed by atoms with Crippen LogP contribution in [-0.2, 0) is 0 Å². The molecule has 0 aromatic heterocycles. The van der Waals surface area contributed by atoms with Gasteiger partial charge in [-0.1, -0.05) is 72.3 Å². The highest BCUT2D eigenvalue weighted by Gasteiger charge is 2.17. The van der Waals surface area contributed by atoms with E-state index in [1.54, 1.807) is 0 Å². The molecule has 0 heterocycles. The van der Waals surface area contributed by atoms with Gasteiger partial charge >= 0.3 is 0 Å². The number of para-hydroxylation sites is 3. The van der Waals surface area contributed by atoms with Crippen molar-refractivity contribution in [2.75, 3.05) is 14.7 Å². The maximum Gasteiger partial charge on any atom is 0.0463 e. The summed E-state index contributed by atoms with van der Waals surface area (Å²) in [6.45, 7) is 6.58. The van der Waals surface area contributed by atoms with E-state index in [9.17, 15) is 0 Å². The Balaban J connectivity index is 1.37. The lowest BCUT2D eigenvalue weighted by molar-refractivity contribution is 0.789. The van der Waals surface area contributed by atoms with E-state index >= 15 is 0 Å². The summed E-state index contributed by atoms with van der Waals surface area (Å²) >= 11 is 0. The molecule has 43 heavy (non-hydrogen) atoms. The molecule has 0 amide bonds. The lowest BCUT2D eigenvalue weighted by Gasteiger charge is -2.31. The largest absolute Gasteiger partial charge is 0.339 e. The number of aryl methyl sites for hydroxylation is 1. The summed E-state index contributed by atoms with van der Waals surface area (Å²) in [4.78, 5) is 6.98. The molecular weight excluding hydrogens is 522 g/mol. The molecule has 0 N–H and O–H groups in total. The third-order valence-electron chi connectivity index (χ3n) is 7.62. The minimum absolute atomic E-state index is 0.326.